The van der Waals surface area contributed by atoms with Crippen molar-refractivity contribution < 1.29 is 4.79 Å². The fourth-order valence-corrected chi connectivity index (χ4v) is 3.21. The standard InChI is InChI=1S/C20H23N5O/c1-3-4-9-18(26)19-13(2)14(12-21)10-11-16(19)15-7-5-6-8-17(15)20-22-24-25-23-20/h5-8,10-11H,3-4,9,12,21H2,1-2H3,(H,22,23,24,25). The Balaban J connectivity index is 2.20. The van der Waals surface area contributed by atoms with E-state index in [9.17, 15) is 4.79 Å². The van der Waals surface area contributed by atoms with Crippen LogP contribution in [0.3, 0.4) is 0 Å². The number of tetrazole rings is 1. The summed E-state index contributed by atoms with van der Waals surface area (Å²) >= 11 is 0. The van der Waals surface area contributed by atoms with Crippen LogP contribution in [0.25, 0.3) is 22.5 Å². The molecule has 3 rings (SSSR count). The number of ketones is 1. The van der Waals surface area contributed by atoms with Gasteiger partial charge in [0.2, 0.25) is 5.82 Å². The molecule has 0 aliphatic rings. The number of benzene rings is 2. The fraction of sp³-hybridized carbons (Fsp3) is 0.300. The minimum absolute atomic E-state index is 0.151. The molecule has 0 unspecified atom stereocenters. The molecule has 1 aromatic heterocycles. The quantitative estimate of drug-likeness (QED) is 0.634. The van der Waals surface area contributed by atoms with Gasteiger partial charge in [-0.25, -0.2) is 0 Å². The molecule has 0 radical (unpaired) electrons. The van der Waals surface area contributed by atoms with Gasteiger partial charge in [0.25, 0.3) is 0 Å². The Morgan fingerprint density at radius 2 is 1.88 bits per heavy atom. The summed E-state index contributed by atoms with van der Waals surface area (Å²) in [5.74, 6) is 0.658. The molecule has 134 valence electrons. The maximum Gasteiger partial charge on any atom is 0.205 e. The number of unbranched alkanes of at least 4 members (excludes halogenated alkanes) is 1. The van der Waals surface area contributed by atoms with Crippen molar-refractivity contribution in [1.29, 1.82) is 0 Å². The Hall–Kier alpha value is -2.86. The van der Waals surface area contributed by atoms with Gasteiger partial charge in [-0.1, -0.05) is 49.7 Å². The molecule has 26 heavy (non-hydrogen) atoms. The molecule has 2 aromatic carbocycles. The number of nitrogens with zero attached hydrogens (tertiary/aromatic N) is 3. The van der Waals surface area contributed by atoms with E-state index in [0.717, 1.165) is 46.2 Å². The summed E-state index contributed by atoms with van der Waals surface area (Å²) in [7, 11) is 0. The molecule has 3 N–H and O–H groups in total. The van der Waals surface area contributed by atoms with Crippen molar-refractivity contribution in [2.45, 2.75) is 39.7 Å². The first-order valence-electron chi connectivity index (χ1n) is 8.86. The van der Waals surface area contributed by atoms with Crippen molar-refractivity contribution in [1.82, 2.24) is 20.6 Å². The largest absolute Gasteiger partial charge is 0.326 e. The summed E-state index contributed by atoms with van der Waals surface area (Å²) in [6.45, 7) is 4.47. The minimum atomic E-state index is 0.151. The summed E-state index contributed by atoms with van der Waals surface area (Å²) in [5.41, 5.74) is 11.2. The van der Waals surface area contributed by atoms with E-state index < -0.39 is 0 Å². The molecular formula is C20H23N5O. The highest BCUT2D eigenvalue weighted by molar-refractivity contribution is 6.05. The number of rotatable bonds is 7. The minimum Gasteiger partial charge on any atom is -0.326 e. The zero-order chi connectivity index (χ0) is 18.5. The molecule has 0 saturated carbocycles. The molecule has 0 aliphatic carbocycles. The Morgan fingerprint density at radius 1 is 1.12 bits per heavy atom. The van der Waals surface area contributed by atoms with Gasteiger partial charge in [0.15, 0.2) is 5.78 Å². The second-order valence-corrected chi connectivity index (χ2v) is 6.28. The number of H-pyrrole nitrogens is 1. The van der Waals surface area contributed by atoms with E-state index in [1.165, 1.54) is 0 Å². The van der Waals surface area contributed by atoms with E-state index in [1.807, 2.05) is 43.3 Å². The van der Waals surface area contributed by atoms with Crippen molar-refractivity contribution in [3.63, 3.8) is 0 Å². The molecule has 0 atom stereocenters. The van der Waals surface area contributed by atoms with Gasteiger partial charge >= 0.3 is 0 Å². The Labute approximate surface area is 152 Å². The normalized spacial score (nSPS) is 10.9. The predicted molar refractivity (Wildman–Crippen MR) is 102 cm³/mol. The highest BCUT2D eigenvalue weighted by Gasteiger charge is 2.20. The molecule has 0 aliphatic heterocycles. The lowest BCUT2D eigenvalue weighted by Gasteiger charge is -2.17. The molecule has 0 saturated heterocycles. The summed E-state index contributed by atoms with van der Waals surface area (Å²) < 4.78 is 0. The van der Waals surface area contributed by atoms with Gasteiger partial charge in [-0.05, 0) is 40.8 Å². The Morgan fingerprint density at radius 3 is 2.54 bits per heavy atom. The first-order chi connectivity index (χ1) is 12.7. The number of aromatic amines is 1. The molecule has 6 nitrogen and oxygen atoms in total. The highest BCUT2D eigenvalue weighted by atomic mass is 16.1. The smallest absolute Gasteiger partial charge is 0.205 e. The molecular weight excluding hydrogens is 326 g/mol. The van der Waals surface area contributed by atoms with Gasteiger partial charge in [0.1, 0.15) is 0 Å². The van der Waals surface area contributed by atoms with E-state index in [4.69, 9.17) is 5.73 Å². The predicted octanol–water partition coefficient (Wildman–Crippen LogP) is 3.67. The number of hydrogen-bond acceptors (Lipinski definition) is 5. The van der Waals surface area contributed by atoms with Gasteiger partial charge in [0, 0.05) is 24.1 Å². The van der Waals surface area contributed by atoms with E-state index >= 15 is 0 Å². The number of Topliss-reactive ketones (excluding diaryl/α,β-unsaturated/α-hetero) is 1. The van der Waals surface area contributed by atoms with Crippen molar-refractivity contribution in [2.24, 2.45) is 5.73 Å². The molecule has 3 aromatic rings. The summed E-state index contributed by atoms with van der Waals surface area (Å²) in [4.78, 5) is 13.0. The topological polar surface area (TPSA) is 97.5 Å². The molecule has 0 fully saturated rings. The Bertz CT molecular complexity index is 903. The van der Waals surface area contributed by atoms with Crippen LogP contribution in [-0.4, -0.2) is 26.4 Å². The average molecular weight is 349 g/mol. The maximum absolute atomic E-state index is 13.0. The number of hydrogen-bond donors (Lipinski definition) is 2. The number of aromatic nitrogens is 4. The third-order valence-corrected chi connectivity index (χ3v) is 4.64. The summed E-state index contributed by atoms with van der Waals surface area (Å²) in [6, 6.07) is 11.8. The zero-order valence-electron chi connectivity index (χ0n) is 15.1. The van der Waals surface area contributed by atoms with Crippen LogP contribution in [0.1, 0.15) is 47.7 Å². The van der Waals surface area contributed by atoms with Crippen LogP contribution >= 0.6 is 0 Å². The average Bonchev–Trinajstić information content (AvgIpc) is 3.20. The lowest BCUT2D eigenvalue weighted by molar-refractivity contribution is 0.0979. The molecule has 0 spiro atoms. The van der Waals surface area contributed by atoms with Gasteiger partial charge < -0.3 is 5.73 Å². The second kappa shape index (κ2) is 8.01. The molecule has 6 heteroatoms. The van der Waals surface area contributed by atoms with Gasteiger partial charge in [-0.15, -0.1) is 10.2 Å². The lowest BCUT2D eigenvalue weighted by Crippen LogP contribution is -2.09. The van der Waals surface area contributed by atoms with Crippen LogP contribution < -0.4 is 5.73 Å². The number of carbonyl (C=O) groups is 1. The fourth-order valence-electron chi connectivity index (χ4n) is 3.21. The summed E-state index contributed by atoms with van der Waals surface area (Å²) in [6.07, 6.45) is 2.38. The SMILES string of the molecule is CCCCC(=O)c1c(-c2ccccc2-c2nn[nH]n2)ccc(CN)c1C. The van der Waals surface area contributed by atoms with E-state index in [-0.39, 0.29) is 5.78 Å². The van der Waals surface area contributed by atoms with Crippen LogP contribution in [0, 0.1) is 6.92 Å². The van der Waals surface area contributed by atoms with E-state index in [1.54, 1.807) is 0 Å². The number of nitrogens with two attached hydrogens (primary N) is 1. The van der Waals surface area contributed by atoms with Crippen LogP contribution in [0.2, 0.25) is 0 Å². The summed E-state index contributed by atoms with van der Waals surface area (Å²) in [5, 5.41) is 14.3. The highest BCUT2D eigenvalue weighted by Crippen LogP contribution is 2.35. The van der Waals surface area contributed by atoms with Gasteiger partial charge in [0.05, 0.1) is 0 Å². The maximum atomic E-state index is 13.0. The molecule has 0 bridgehead atoms. The second-order valence-electron chi connectivity index (χ2n) is 6.28. The van der Waals surface area contributed by atoms with Crippen molar-refractivity contribution in [3.8, 4) is 22.5 Å². The van der Waals surface area contributed by atoms with Gasteiger partial charge in [-0.2, -0.15) is 5.21 Å². The number of nitrogens with one attached hydrogen (secondary N) is 1. The molecule has 0 amide bonds. The first-order valence-corrected chi connectivity index (χ1v) is 8.86. The van der Waals surface area contributed by atoms with Crippen molar-refractivity contribution in [2.75, 3.05) is 0 Å². The van der Waals surface area contributed by atoms with Crippen LogP contribution in [0.15, 0.2) is 36.4 Å². The van der Waals surface area contributed by atoms with Crippen molar-refractivity contribution >= 4 is 5.78 Å². The Kier molecular flexibility index (Phi) is 5.53. The van der Waals surface area contributed by atoms with Crippen LogP contribution in [-0.2, 0) is 6.54 Å². The van der Waals surface area contributed by atoms with Crippen LogP contribution in [0.5, 0.6) is 0 Å². The lowest BCUT2D eigenvalue weighted by atomic mass is 9.87. The van der Waals surface area contributed by atoms with E-state index in [2.05, 4.69) is 27.5 Å². The van der Waals surface area contributed by atoms with Crippen LogP contribution in [0.4, 0.5) is 0 Å². The zero-order valence-corrected chi connectivity index (χ0v) is 15.1. The monoisotopic (exact) mass is 349 g/mol. The van der Waals surface area contributed by atoms with E-state index in [0.29, 0.717) is 18.8 Å². The third kappa shape index (κ3) is 3.41. The third-order valence-electron chi connectivity index (χ3n) is 4.64. The first kappa shape index (κ1) is 17.9. The van der Waals surface area contributed by atoms with Crippen molar-refractivity contribution in [3.05, 3.63) is 53.1 Å². The molecule has 1 heterocycles. The van der Waals surface area contributed by atoms with Gasteiger partial charge in [-0.3, -0.25) is 4.79 Å². The number of carbonyl (C=O) groups excluding carboxylic acids is 1.